The molecule has 0 aliphatic carbocycles. The molecule has 25 heavy (non-hydrogen) atoms. The maximum atomic E-state index is 11.8. The maximum absolute atomic E-state index is 11.8. The number of hydrogen-bond donors (Lipinski definition) is 1. The van der Waals surface area contributed by atoms with Crippen molar-refractivity contribution in [2.45, 2.75) is 18.7 Å². The quantitative estimate of drug-likeness (QED) is 0.624. The van der Waals surface area contributed by atoms with E-state index >= 15 is 0 Å². The fourth-order valence-electron chi connectivity index (χ4n) is 2.55. The van der Waals surface area contributed by atoms with Gasteiger partial charge in [-0.2, -0.15) is 0 Å². The Hall–Kier alpha value is -2.30. The predicted molar refractivity (Wildman–Crippen MR) is 101 cm³/mol. The lowest BCUT2D eigenvalue weighted by Crippen LogP contribution is -2.18. The van der Waals surface area contributed by atoms with Gasteiger partial charge in [-0.05, 0) is 37.1 Å². The zero-order chi connectivity index (χ0) is 18.0. The Bertz CT molecular complexity index is 919. The van der Waals surface area contributed by atoms with Crippen LogP contribution < -0.4 is 5.32 Å². The van der Waals surface area contributed by atoms with E-state index in [1.165, 1.54) is 5.56 Å². The van der Waals surface area contributed by atoms with Gasteiger partial charge in [-0.25, -0.2) is 0 Å². The lowest BCUT2D eigenvalue weighted by atomic mass is 10.0. The van der Waals surface area contributed by atoms with Crippen molar-refractivity contribution in [3.63, 3.8) is 0 Å². The number of para-hydroxylation sites is 1. The monoisotopic (exact) mass is 374 g/mol. The fourth-order valence-corrected chi connectivity index (χ4v) is 2.66. The first kappa shape index (κ1) is 17.5. The van der Waals surface area contributed by atoms with Gasteiger partial charge in [-0.1, -0.05) is 58.7 Å². The van der Waals surface area contributed by atoms with Gasteiger partial charge in [0.2, 0.25) is 0 Å². The van der Waals surface area contributed by atoms with Gasteiger partial charge in [-0.15, -0.1) is 0 Å². The summed E-state index contributed by atoms with van der Waals surface area (Å²) in [6, 6.07) is 15.1. The molecule has 0 fully saturated rings. The molecule has 0 aliphatic rings. The lowest BCUT2D eigenvalue weighted by molar-refractivity contribution is -0.114. The number of anilines is 1. The molecular weight excluding hydrogens is 359 g/mol. The number of rotatable bonds is 4. The van der Waals surface area contributed by atoms with E-state index in [9.17, 15) is 4.79 Å². The van der Waals surface area contributed by atoms with Gasteiger partial charge in [0.15, 0.2) is 10.6 Å². The second-order valence-electron chi connectivity index (χ2n) is 5.66. The molecule has 3 aromatic rings. The summed E-state index contributed by atoms with van der Waals surface area (Å²) < 4.78 is 5.52. The molecule has 0 bridgehead atoms. The summed E-state index contributed by atoms with van der Waals surface area (Å²) in [4.78, 5) is 10.6. The van der Waals surface area contributed by atoms with Crippen molar-refractivity contribution < 1.29 is 9.32 Å². The van der Waals surface area contributed by atoms with E-state index < -0.39 is 10.7 Å². The molecule has 4 nitrogen and oxygen atoms in total. The van der Waals surface area contributed by atoms with Crippen molar-refractivity contribution in [1.29, 1.82) is 0 Å². The first-order valence-electron chi connectivity index (χ1n) is 7.69. The number of aromatic nitrogens is 1. The van der Waals surface area contributed by atoms with E-state index in [2.05, 4.69) is 23.5 Å². The van der Waals surface area contributed by atoms with Crippen LogP contribution in [0.15, 0.2) is 53.1 Å². The smallest absolute Gasteiger partial charge is 0.257 e. The largest absolute Gasteiger partial charge is 0.356 e. The van der Waals surface area contributed by atoms with Crippen molar-refractivity contribution in [3.05, 3.63) is 59.7 Å². The number of aryl methyl sites for hydroxylation is 1. The minimum absolute atomic E-state index is 0.495. The van der Waals surface area contributed by atoms with Gasteiger partial charge < -0.3 is 9.84 Å². The number of carbonyl (C=O) groups is 1. The van der Waals surface area contributed by atoms with E-state index in [-0.39, 0.29) is 0 Å². The highest BCUT2D eigenvalue weighted by Gasteiger charge is 2.17. The SMILES string of the molecule is Cc1cccc(-c2cc(-c3ccccc3NC(=O)C(Cl)Cl)on2)c1C. The zero-order valence-corrected chi connectivity index (χ0v) is 15.2. The molecule has 1 N–H and O–H groups in total. The van der Waals surface area contributed by atoms with Crippen LogP contribution in [0.5, 0.6) is 0 Å². The lowest BCUT2D eigenvalue weighted by Gasteiger charge is -2.09. The molecule has 1 aromatic heterocycles. The highest BCUT2D eigenvalue weighted by atomic mass is 35.5. The van der Waals surface area contributed by atoms with Crippen LogP contribution in [0, 0.1) is 13.8 Å². The third-order valence-electron chi connectivity index (χ3n) is 4.04. The van der Waals surface area contributed by atoms with E-state index in [1.54, 1.807) is 12.1 Å². The summed E-state index contributed by atoms with van der Waals surface area (Å²) in [6.45, 7) is 4.10. The molecule has 3 rings (SSSR count). The number of carbonyl (C=O) groups excluding carboxylic acids is 1. The Kier molecular flexibility index (Phi) is 5.11. The van der Waals surface area contributed by atoms with E-state index in [1.807, 2.05) is 37.3 Å². The van der Waals surface area contributed by atoms with Crippen LogP contribution >= 0.6 is 23.2 Å². The summed E-state index contributed by atoms with van der Waals surface area (Å²) in [5.41, 5.74) is 5.35. The molecule has 0 aliphatic heterocycles. The van der Waals surface area contributed by atoms with E-state index in [0.29, 0.717) is 17.0 Å². The Morgan fingerprint density at radius 1 is 1.08 bits per heavy atom. The molecule has 0 atom stereocenters. The summed E-state index contributed by atoms with van der Waals surface area (Å²) in [5, 5.41) is 6.87. The van der Waals surface area contributed by atoms with Crippen LogP contribution in [-0.2, 0) is 4.79 Å². The average molecular weight is 375 g/mol. The highest BCUT2D eigenvalue weighted by Crippen LogP contribution is 2.33. The summed E-state index contributed by atoms with van der Waals surface area (Å²) in [6.07, 6.45) is 0. The third-order valence-corrected chi connectivity index (χ3v) is 4.44. The zero-order valence-electron chi connectivity index (χ0n) is 13.7. The van der Waals surface area contributed by atoms with Crippen LogP contribution in [-0.4, -0.2) is 15.9 Å². The van der Waals surface area contributed by atoms with Crippen LogP contribution in [0.25, 0.3) is 22.6 Å². The predicted octanol–water partition coefficient (Wildman–Crippen LogP) is 5.37. The van der Waals surface area contributed by atoms with Gasteiger partial charge >= 0.3 is 0 Å². The first-order valence-corrected chi connectivity index (χ1v) is 8.56. The maximum Gasteiger partial charge on any atom is 0.257 e. The average Bonchev–Trinajstić information content (AvgIpc) is 3.07. The Morgan fingerprint density at radius 3 is 2.56 bits per heavy atom. The van der Waals surface area contributed by atoms with Crippen LogP contribution in [0.1, 0.15) is 11.1 Å². The molecular formula is C19H16Cl2N2O2. The van der Waals surface area contributed by atoms with Crippen molar-refractivity contribution in [2.24, 2.45) is 0 Å². The van der Waals surface area contributed by atoms with Gasteiger partial charge in [0.25, 0.3) is 5.91 Å². The second-order valence-corrected chi connectivity index (χ2v) is 6.76. The Morgan fingerprint density at radius 2 is 1.80 bits per heavy atom. The number of benzene rings is 2. The molecule has 0 unspecified atom stereocenters. The molecule has 0 saturated carbocycles. The van der Waals surface area contributed by atoms with Crippen LogP contribution in [0.3, 0.4) is 0 Å². The van der Waals surface area contributed by atoms with Gasteiger partial charge in [-0.3, -0.25) is 4.79 Å². The fraction of sp³-hybridized carbons (Fsp3) is 0.158. The molecule has 1 heterocycles. The minimum Gasteiger partial charge on any atom is -0.356 e. The third kappa shape index (κ3) is 3.70. The number of hydrogen-bond acceptors (Lipinski definition) is 3. The molecule has 0 radical (unpaired) electrons. The summed E-state index contributed by atoms with van der Waals surface area (Å²) >= 11 is 11.2. The number of halogens is 2. The normalized spacial score (nSPS) is 10.9. The van der Waals surface area contributed by atoms with Crippen molar-refractivity contribution in [1.82, 2.24) is 5.16 Å². The number of nitrogens with one attached hydrogen (secondary N) is 1. The van der Waals surface area contributed by atoms with Crippen molar-refractivity contribution >= 4 is 34.8 Å². The summed E-state index contributed by atoms with van der Waals surface area (Å²) in [5.74, 6) is 0.0533. The second kappa shape index (κ2) is 7.30. The Balaban J connectivity index is 1.98. The minimum atomic E-state index is -1.15. The van der Waals surface area contributed by atoms with Gasteiger partial charge in [0.05, 0.1) is 5.69 Å². The Labute approximate surface area is 155 Å². The highest BCUT2D eigenvalue weighted by molar-refractivity contribution is 6.54. The van der Waals surface area contributed by atoms with Crippen molar-refractivity contribution in [2.75, 3.05) is 5.32 Å². The van der Waals surface area contributed by atoms with Crippen molar-refractivity contribution in [3.8, 4) is 22.6 Å². The molecule has 1 amide bonds. The number of nitrogens with zero attached hydrogens (tertiary/aromatic N) is 1. The van der Waals surface area contributed by atoms with Gasteiger partial charge in [0.1, 0.15) is 5.69 Å². The molecule has 0 spiro atoms. The molecule has 6 heteroatoms. The van der Waals surface area contributed by atoms with Crippen LogP contribution in [0.2, 0.25) is 0 Å². The number of alkyl halides is 2. The van der Waals surface area contributed by atoms with E-state index in [0.717, 1.165) is 16.8 Å². The van der Waals surface area contributed by atoms with Gasteiger partial charge in [0, 0.05) is 17.2 Å². The topological polar surface area (TPSA) is 55.1 Å². The first-order chi connectivity index (χ1) is 12.0. The van der Waals surface area contributed by atoms with Crippen LogP contribution in [0.4, 0.5) is 5.69 Å². The molecule has 128 valence electrons. The van der Waals surface area contributed by atoms with E-state index in [4.69, 9.17) is 27.7 Å². The number of amides is 1. The standard InChI is InChI=1S/C19H16Cl2N2O2/c1-11-6-5-8-13(12(11)2)16-10-17(25-23-16)14-7-3-4-9-15(14)22-19(24)18(20)21/h3-10,18H,1-2H3,(H,22,24). The molecule has 0 saturated heterocycles. The molecule has 2 aromatic carbocycles. The summed E-state index contributed by atoms with van der Waals surface area (Å²) in [7, 11) is 0.